The Kier molecular flexibility index (Phi) is 6.50. The first kappa shape index (κ1) is 14.3. The average Bonchev–Trinajstić information content (AvgIpc) is 2.45. The van der Waals surface area contributed by atoms with E-state index < -0.39 is 0 Å². The molecule has 0 aromatic carbocycles. The van der Waals surface area contributed by atoms with Crippen molar-refractivity contribution in [3.8, 4) is 0 Å². The first-order valence-electron chi connectivity index (χ1n) is 8.31. The second-order valence-corrected chi connectivity index (χ2v) is 6.40. The number of nitrogens with one attached hydrogen (secondary N) is 1. The fraction of sp³-hybridized carbons (Fsp3) is 1.00. The van der Waals surface area contributed by atoms with E-state index in [1.54, 1.807) is 0 Å². The molecule has 2 nitrogen and oxygen atoms in total. The molecule has 2 rings (SSSR count). The second-order valence-electron chi connectivity index (χ2n) is 6.40. The highest BCUT2D eigenvalue weighted by Crippen LogP contribution is 2.22. The molecule has 2 fully saturated rings. The molecule has 1 saturated heterocycles. The van der Waals surface area contributed by atoms with Crippen molar-refractivity contribution in [3.05, 3.63) is 0 Å². The lowest BCUT2D eigenvalue weighted by Gasteiger charge is -2.31. The Labute approximate surface area is 114 Å². The number of likely N-dealkylation sites (tertiary alicyclic amines) is 1. The molecule has 1 N–H and O–H groups in total. The minimum absolute atomic E-state index is 0.976. The topological polar surface area (TPSA) is 15.3 Å². The molecule has 1 saturated carbocycles. The highest BCUT2D eigenvalue weighted by molar-refractivity contribution is 4.73. The zero-order chi connectivity index (χ0) is 12.6. The number of hydrogen-bond acceptors (Lipinski definition) is 2. The number of nitrogens with zero attached hydrogens (tertiary/aromatic N) is 1. The quantitative estimate of drug-likeness (QED) is 0.730. The minimum atomic E-state index is 0.976. The van der Waals surface area contributed by atoms with Crippen LogP contribution >= 0.6 is 0 Å². The zero-order valence-corrected chi connectivity index (χ0v) is 12.3. The van der Waals surface area contributed by atoms with Crippen molar-refractivity contribution in [2.45, 2.75) is 58.3 Å². The van der Waals surface area contributed by atoms with Crippen molar-refractivity contribution in [2.75, 3.05) is 32.7 Å². The van der Waals surface area contributed by atoms with Crippen LogP contribution in [0.25, 0.3) is 0 Å². The Balaban J connectivity index is 1.48. The molecule has 18 heavy (non-hydrogen) atoms. The third-order valence-electron chi connectivity index (χ3n) is 5.05. The van der Waals surface area contributed by atoms with E-state index in [4.69, 9.17) is 0 Å². The van der Waals surface area contributed by atoms with E-state index >= 15 is 0 Å². The van der Waals surface area contributed by atoms with Gasteiger partial charge in [0.2, 0.25) is 0 Å². The van der Waals surface area contributed by atoms with Crippen LogP contribution in [0.3, 0.4) is 0 Å². The molecule has 0 atom stereocenters. The predicted molar refractivity (Wildman–Crippen MR) is 78.9 cm³/mol. The summed E-state index contributed by atoms with van der Waals surface area (Å²) >= 11 is 0. The largest absolute Gasteiger partial charge is 0.315 e. The highest BCUT2D eigenvalue weighted by atomic mass is 15.1. The molecule has 0 unspecified atom stereocenters. The van der Waals surface area contributed by atoms with Crippen molar-refractivity contribution >= 4 is 0 Å². The van der Waals surface area contributed by atoms with Gasteiger partial charge in [0.1, 0.15) is 0 Å². The van der Waals surface area contributed by atoms with Crippen LogP contribution in [-0.4, -0.2) is 37.6 Å². The van der Waals surface area contributed by atoms with Gasteiger partial charge in [0.25, 0.3) is 0 Å². The lowest BCUT2D eigenvalue weighted by atomic mass is 9.89. The van der Waals surface area contributed by atoms with E-state index in [9.17, 15) is 0 Å². The average molecular weight is 252 g/mol. The summed E-state index contributed by atoms with van der Waals surface area (Å²) in [6.07, 6.45) is 11.6. The summed E-state index contributed by atoms with van der Waals surface area (Å²) in [4.78, 5) is 2.65. The first-order chi connectivity index (χ1) is 8.88. The first-order valence-corrected chi connectivity index (χ1v) is 8.31. The standard InChI is InChI=1S/C16H32N2/c1-2-15-8-11-18(12-9-15)13-10-17-14-16-6-4-3-5-7-16/h15-17H,2-14H2,1H3. The number of piperidine rings is 1. The molecule has 2 heteroatoms. The molecule has 0 spiro atoms. The van der Waals surface area contributed by atoms with Gasteiger partial charge in [-0.25, -0.2) is 0 Å². The van der Waals surface area contributed by atoms with Crippen LogP contribution in [0.4, 0.5) is 0 Å². The number of rotatable bonds is 6. The Hall–Kier alpha value is -0.0800. The van der Waals surface area contributed by atoms with Gasteiger partial charge in [-0.3, -0.25) is 0 Å². The van der Waals surface area contributed by atoms with Gasteiger partial charge in [0.15, 0.2) is 0 Å². The maximum atomic E-state index is 3.69. The molecule has 1 aliphatic carbocycles. The predicted octanol–water partition coefficient (Wildman–Crippen LogP) is 3.28. The van der Waals surface area contributed by atoms with Crippen molar-refractivity contribution in [1.29, 1.82) is 0 Å². The lowest BCUT2D eigenvalue weighted by molar-refractivity contribution is 0.181. The summed E-state index contributed by atoms with van der Waals surface area (Å²) in [5.41, 5.74) is 0. The molecular formula is C16H32N2. The number of hydrogen-bond donors (Lipinski definition) is 1. The molecule has 0 aromatic rings. The van der Waals surface area contributed by atoms with Crippen LogP contribution < -0.4 is 5.32 Å². The molecule has 0 bridgehead atoms. The third kappa shape index (κ3) is 4.89. The van der Waals surface area contributed by atoms with Gasteiger partial charge in [-0.05, 0) is 57.2 Å². The fourth-order valence-electron chi connectivity index (χ4n) is 3.55. The summed E-state index contributed by atoms with van der Waals surface area (Å²) in [5.74, 6) is 1.99. The molecule has 1 heterocycles. The molecule has 2 aliphatic rings. The van der Waals surface area contributed by atoms with Gasteiger partial charge in [0, 0.05) is 13.1 Å². The van der Waals surface area contributed by atoms with Crippen LogP contribution in [0.1, 0.15) is 58.3 Å². The van der Waals surface area contributed by atoms with E-state index in [0.29, 0.717) is 0 Å². The zero-order valence-electron chi connectivity index (χ0n) is 12.3. The summed E-state index contributed by atoms with van der Waals surface area (Å²) < 4.78 is 0. The van der Waals surface area contributed by atoms with Crippen LogP contribution in [0.5, 0.6) is 0 Å². The molecule has 0 aromatic heterocycles. The molecule has 106 valence electrons. The van der Waals surface area contributed by atoms with Gasteiger partial charge in [-0.2, -0.15) is 0 Å². The Morgan fingerprint density at radius 1 is 0.944 bits per heavy atom. The van der Waals surface area contributed by atoms with Crippen LogP contribution in [0.15, 0.2) is 0 Å². The normalized spacial score (nSPS) is 24.5. The maximum Gasteiger partial charge on any atom is 0.0107 e. The van der Waals surface area contributed by atoms with Crippen molar-refractivity contribution in [3.63, 3.8) is 0 Å². The van der Waals surface area contributed by atoms with Crippen molar-refractivity contribution in [1.82, 2.24) is 10.2 Å². The molecule has 0 radical (unpaired) electrons. The molecule has 1 aliphatic heterocycles. The Morgan fingerprint density at radius 2 is 1.67 bits per heavy atom. The van der Waals surface area contributed by atoms with E-state index in [0.717, 1.165) is 11.8 Å². The van der Waals surface area contributed by atoms with Crippen LogP contribution in [-0.2, 0) is 0 Å². The van der Waals surface area contributed by atoms with E-state index in [2.05, 4.69) is 17.1 Å². The van der Waals surface area contributed by atoms with Gasteiger partial charge >= 0.3 is 0 Å². The molecular weight excluding hydrogens is 220 g/mol. The smallest absolute Gasteiger partial charge is 0.0107 e. The summed E-state index contributed by atoms with van der Waals surface area (Å²) in [7, 11) is 0. The highest BCUT2D eigenvalue weighted by Gasteiger charge is 2.17. The lowest BCUT2D eigenvalue weighted by Crippen LogP contribution is -2.39. The van der Waals surface area contributed by atoms with Crippen LogP contribution in [0.2, 0.25) is 0 Å². The Morgan fingerprint density at radius 3 is 2.33 bits per heavy atom. The van der Waals surface area contributed by atoms with E-state index in [1.807, 2.05) is 0 Å². The Bertz CT molecular complexity index is 203. The van der Waals surface area contributed by atoms with Gasteiger partial charge in [-0.15, -0.1) is 0 Å². The van der Waals surface area contributed by atoms with Gasteiger partial charge < -0.3 is 10.2 Å². The van der Waals surface area contributed by atoms with Crippen LogP contribution in [0, 0.1) is 11.8 Å². The van der Waals surface area contributed by atoms with Gasteiger partial charge in [0.05, 0.1) is 0 Å². The summed E-state index contributed by atoms with van der Waals surface area (Å²) in [6, 6.07) is 0. The van der Waals surface area contributed by atoms with E-state index in [-0.39, 0.29) is 0 Å². The molecule has 0 amide bonds. The SMILES string of the molecule is CCC1CCN(CCNCC2CCCCC2)CC1. The maximum absolute atomic E-state index is 3.69. The monoisotopic (exact) mass is 252 g/mol. The van der Waals surface area contributed by atoms with Crippen molar-refractivity contribution in [2.24, 2.45) is 11.8 Å². The second kappa shape index (κ2) is 8.16. The fourth-order valence-corrected chi connectivity index (χ4v) is 3.55. The summed E-state index contributed by atoms with van der Waals surface area (Å²) in [6.45, 7) is 8.75. The minimum Gasteiger partial charge on any atom is -0.315 e. The summed E-state index contributed by atoms with van der Waals surface area (Å²) in [5, 5.41) is 3.69. The van der Waals surface area contributed by atoms with E-state index in [1.165, 1.54) is 84.1 Å². The van der Waals surface area contributed by atoms with Crippen molar-refractivity contribution < 1.29 is 0 Å². The van der Waals surface area contributed by atoms with Gasteiger partial charge in [-0.1, -0.05) is 32.6 Å². The third-order valence-corrected chi connectivity index (χ3v) is 5.05.